The molecule has 7 nitrogen and oxygen atoms in total. The lowest BCUT2D eigenvalue weighted by Gasteiger charge is -2.27. The monoisotopic (exact) mass is 364 g/mol. The summed E-state index contributed by atoms with van der Waals surface area (Å²) >= 11 is -0.975. The van der Waals surface area contributed by atoms with Crippen LogP contribution in [0.1, 0.15) is 19.3 Å². The van der Waals surface area contributed by atoms with E-state index in [4.69, 9.17) is 0 Å². The number of aromatic nitrogens is 6. The fourth-order valence-electron chi connectivity index (χ4n) is 3.11. The average Bonchev–Trinajstić information content (AvgIpc) is 3.29. The van der Waals surface area contributed by atoms with Crippen LogP contribution in [-0.4, -0.2) is 39.7 Å². The van der Waals surface area contributed by atoms with Crippen molar-refractivity contribution < 1.29 is 4.55 Å². The van der Waals surface area contributed by atoms with Crippen LogP contribution >= 0.6 is 0 Å². The quantitative estimate of drug-likeness (QED) is 0.562. The lowest BCUT2D eigenvalue weighted by atomic mass is 10.00. The van der Waals surface area contributed by atoms with Gasteiger partial charge in [0, 0.05) is 17.0 Å². The summed E-state index contributed by atoms with van der Waals surface area (Å²) in [6.45, 7) is 0. The number of nitrogens with zero attached hydrogens (tertiary/aromatic N) is 5. The van der Waals surface area contributed by atoms with Crippen LogP contribution in [0.25, 0.3) is 28.1 Å². The number of pyridine rings is 1. The van der Waals surface area contributed by atoms with Gasteiger partial charge in [-0.05, 0) is 42.6 Å². The second kappa shape index (κ2) is 6.22. The highest BCUT2D eigenvalue weighted by Gasteiger charge is 2.31. The standard InChI is InChI=1S/C18H16N6OS/c25-26(15-5-2-6-15)16-8-13-9-22-24(18(13)19-10-16)14-4-1-3-12(7-14)17-20-11-21-23-17/h1,3-4,7-11,15H,2,5-6H2,(H,20,21,23)/t26-/m1/s1. The molecule has 1 aliphatic rings. The molecule has 0 unspecified atom stereocenters. The first-order valence-electron chi connectivity index (χ1n) is 8.51. The van der Waals surface area contributed by atoms with Crippen LogP contribution in [0.15, 0.2) is 53.9 Å². The topological polar surface area (TPSA) is 95.3 Å². The minimum atomic E-state index is -0.975. The summed E-state index contributed by atoms with van der Waals surface area (Å²) in [7, 11) is 0. The number of nitrogens with one attached hydrogen (secondary N) is 1. The van der Waals surface area contributed by atoms with E-state index in [0.29, 0.717) is 5.82 Å². The lowest BCUT2D eigenvalue weighted by Crippen LogP contribution is -2.28. The van der Waals surface area contributed by atoms with E-state index in [1.165, 1.54) is 6.42 Å². The zero-order valence-corrected chi connectivity index (χ0v) is 14.7. The van der Waals surface area contributed by atoms with Crippen molar-refractivity contribution in [2.45, 2.75) is 29.4 Å². The van der Waals surface area contributed by atoms with Crippen LogP contribution in [0.5, 0.6) is 0 Å². The van der Waals surface area contributed by atoms with Gasteiger partial charge in [-0.15, -0.1) is 10.2 Å². The van der Waals surface area contributed by atoms with E-state index in [-0.39, 0.29) is 5.25 Å². The number of hydrogen-bond acceptors (Lipinski definition) is 5. The smallest absolute Gasteiger partial charge is 0.172 e. The summed E-state index contributed by atoms with van der Waals surface area (Å²) in [6, 6.07) is 9.80. The third kappa shape index (κ3) is 2.58. The maximum absolute atomic E-state index is 12.6. The predicted octanol–water partition coefficient (Wildman–Crippen LogP) is 2.87. The predicted molar refractivity (Wildman–Crippen MR) is 98.3 cm³/mol. The molecule has 1 fully saturated rings. The molecule has 0 radical (unpaired) electrons. The highest BCUT2D eigenvalue weighted by atomic mass is 32.2. The Morgan fingerprint density at radius 1 is 1.19 bits per heavy atom. The summed E-state index contributed by atoms with van der Waals surface area (Å²) in [5.74, 6) is 0.703. The van der Waals surface area contributed by atoms with Crippen molar-refractivity contribution in [3.05, 3.63) is 49.1 Å². The first kappa shape index (κ1) is 15.5. The molecule has 1 N–H and O–H groups in total. The second-order valence-corrected chi connectivity index (χ2v) is 8.11. The van der Waals surface area contributed by atoms with Crippen LogP contribution in [-0.2, 0) is 11.2 Å². The molecule has 5 rings (SSSR count). The lowest BCUT2D eigenvalue weighted by molar-refractivity contribution is 0.476. The molecule has 3 heterocycles. The number of H-pyrrole nitrogens is 1. The molecule has 3 aromatic heterocycles. The first-order chi connectivity index (χ1) is 12.8. The molecule has 1 aliphatic carbocycles. The molecule has 0 bridgehead atoms. The molecule has 0 saturated heterocycles. The Hall–Kier alpha value is -2.71. The molecule has 8 heteroatoms. The number of rotatable bonds is 4. The van der Waals surface area contributed by atoms with Crippen LogP contribution in [0.4, 0.5) is 0 Å². The first-order valence-corrected chi connectivity index (χ1v) is 9.72. The molecule has 1 atom stereocenters. The summed E-state index contributed by atoms with van der Waals surface area (Å²) in [4.78, 5) is 8.34. The number of hydrogen-bond donors (Lipinski definition) is 1. The SMILES string of the molecule is [O-][S@@+](c1cnc2c(cnn2-c2cccc(-c3nnc[nH]3)c2)c1)C1CCC1. The molecule has 1 aromatic carbocycles. The van der Waals surface area contributed by atoms with Gasteiger partial charge in [0.2, 0.25) is 0 Å². The fraction of sp³-hybridized carbons (Fsp3) is 0.222. The van der Waals surface area contributed by atoms with Crippen molar-refractivity contribution in [1.82, 2.24) is 29.9 Å². The van der Waals surface area contributed by atoms with Crippen molar-refractivity contribution in [3.8, 4) is 17.1 Å². The van der Waals surface area contributed by atoms with Gasteiger partial charge >= 0.3 is 0 Å². The van der Waals surface area contributed by atoms with Gasteiger partial charge in [-0.2, -0.15) is 5.10 Å². The maximum Gasteiger partial charge on any atom is 0.172 e. The third-order valence-corrected chi connectivity index (χ3v) is 6.52. The zero-order chi connectivity index (χ0) is 17.5. The molecular weight excluding hydrogens is 348 g/mol. The average molecular weight is 364 g/mol. The fourth-order valence-corrected chi connectivity index (χ4v) is 4.65. The van der Waals surface area contributed by atoms with Gasteiger partial charge in [-0.25, -0.2) is 9.67 Å². The molecule has 0 aliphatic heterocycles. The highest BCUT2D eigenvalue weighted by Crippen LogP contribution is 2.32. The van der Waals surface area contributed by atoms with Gasteiger partial charge in [-0.3, -0.25) is 0 Å². The van der Waals surface area contributed by atoms with E-state index in [1.807, 2.05) is 30.3 Å². The Balaban J connectivity index is 1.53. The van der Waals surface area contributed by atoms with Gasteiger partial charge in [-0.1, -0.05) is 12.1 Å². The summed E-state index contributed by atoms with van der Waals surface area (Å²) in [5.41, 5.74) is 2.55. The van der Waals surface area contributed by atoms with Gasteiger partial charge < -0.3 is 9.54 Å². The second-order valence-electron chi connectivity index (χ2n) is 6.38. The minimum Gasteiger partial charge on any atom is -0.611 e. The van der Waals surface area contributed by atoms with E-state index in [2.05, 4.69) is 25.3 Å². The summed E-state index contributed by atoms with van der Waals surface area (Å²) in [5, 5.41) is 13.5. The van der Waals surface area contributed by atoms with Gasteiger partial charge in [0.1, 0.15) is 11.6 Å². The van der Waals surface area contributed by atoms with Crippen molar-refractivity contribution in [2.24, 2.45) is 0 Å². The van der Waals surface area contributed by atoms with E-state index in [1.54, 1.807) is 23.4 Å². The molecule has 130 valence electrons. The largest absolute Gasteiger partial charge is 0.611 e. The minimum absolute atomic E-state index is 0.280. The highest BCUT2D eigenvalue weighted by molar-refractivity contribution is 7.92. The van der Waals surface area contributed by atoms with Crippen LogP contribution in [0.2, 0.25) is 0 Å². The van der Waals surface area contributed by atoms with Gasteiger partial charge in [0.15, 0.2) is 16.4 Å². The maximum atomic E-state index is 12.6. The number of benzene rings is 1. The van der Waals surface area contributed by atoms with Crippen LogP contribution in [0, 0.1) is 0 Å². The molecule has 4 aromatic rings. The summed E-state index contributed by atoms with van der Waals surface area (Å²) < 4.78 is 14.3. The molecule has 26 heavy (non-hydrogen) atoms. The Bertz CT molecular complexity index is 1060. The molecule has 0 spiro atoms. The van der Waals surface area contributed by atoms with Crippen molar-refractivity contribution >= 4 is 22.2 Å². The summed E-state index contributed by atoms with van der Waals surface area (Å²) in [6.07, 6.45) is 8.29. The van der Waals surface area contributed by atoms with Crippen molar-refractivity contribution in [1.29, 1.82) is 0 Å². The van der Waals surface area contributed by atoms with Gasteiger partial charge in [0.05, 0.1) is 18.1 Å². The van der Waals surface area contributed by atoms with E-state index < -0.39 is 11.2 Å². The Labute approximate surface area is 152 Å². The number of aromatic amines is 1. The van der Waals surface area contributed by atoms with Crippen molar-refractivity contribution in [2.75, 3.05) is 0 Å². The molecular formula is C18H16N6OS. The third-order valence-electron chi connectivity index (χ3n) is 4.75. The van der Waals surface area contributed by atoms with Crippen LogP contribution < -0.4 is 0 Å². The van der Waals surface area contributed by atoms with E-state index in [0.717, 1.165) is 40.0 Å². The molecule has 0 amide bonds. The zero-order valence-electron chi connectivity index (χ0n) is 13.9. The Morgan fingerprint density at radius 3 is 2.88 bits per heavy atom. The van der Waals surface area contributed by atoms with Gasteiger partial charge in [0.25, 0.3) is 0 Å². The number of fused-ring (bicyclic) bond motifs is 1. The normalized spacial score (nSPS) is 15.9. The Morgan fingerprint density at radius 2 is 2.12 bits per heavy atom. The van der Waals surface area contributed by atoms with E-state index >= 15 is 0 Å². The van der Waals surface area contributed by atoms with Crippen LogP contribution in [0.3, 0.4) is 0 Å². The van der Waals surface area contributed by atoms with Crippen molar-refractivity contribution in [3.63, 3.8) is 0 Å². The Kier molecular flexibility index (Phi) is 3.72. The molecule has 1 saturated carbocycles. The van der Waals surface area contributed by atoms with E-state index in [9.17, 15) is 4.55 Å².